The van der Waals surface area contributed by atoms with Gasteiger partial charge in [-0.1, -0.05) is 200 Å². The molecule has 0 fully saturated rings. The number of fused-ring (bicyclic) bond motifs is 4. The Hall–Kier alpha value is -8.33. The number of halogens is 5. The molecule has 12 rings (SSSR count). The normalized spacial score (nSPS) is 12.9. The van der Waals surface area contributed by atoms with Crippen molar-refractivity contribution in [1.82, 2.24) is 9.55 Å². The first kappa shape index (κ1) is 65.2. The predicted octanol–water partition coefficient (Wildman–Crippen LogP) is 23.6. The summed E-state index contributed by atoms with van der Waals surface area (Å²) in [7, 11) is 0. The van der Waals surface area contributed by atoms with E-state index in [1.807, 2.05) is 108 Å². The zero-order chi connectivity index (χ0) is 64.9. The van der Waals surface area contributed by atoms with Crippen LogP contribution in [0.2, 0.25) is 0 Å². The van der Waals surface area contributed by atoms with Crippen LogP contribution < -0.4 is 14.5 Å². The minimum Gasteiger partial charge on any atom is -0.509 e. The second-order valence-corrected chi connectivity index (χ2v) is 28.2. The van der Waals surface area contributed by atoms with E-state index in [0.717, 1.165) is 66.6 Å². The van der Waals surface area contributed by atoms with Crippen molar-refractivity contribution in [3.05, 3.63) is 245 Å². The maximum Gasteiger partial charge on any atom is 0.200 e. The summed E-state index contributed by atoms with van der Waals surface area (Å²) in [6.45, 7) is 34.4. The molecule has 1 aliphatic heterocycles. The molecule has 3 heterocycles. The van der Waals surface area contributed by atoms with Crippen LogP contribution in [-0.2, 0) is 37.3 Å². The number of hydrogen-bond donors (Lipinski definition) is 0. The Morgan fingerprint density at radius 1 is 0.457 bits per heavy atom. The number of rotatable bonds is 12. The zero-order valence-corrected chi connectivity index (χ0v) is 57.1. The zero-order valence-electron chi connectivity index (χ0n) is 54.8. The van der Waals surface area contributed by atoms with Gasteiger partial charge in [0, 0.05) is 72.5 Å². The number of para-hydroxylation sites is 3. The fourth-order valence-corrected chi connectivity index (χ4v) is 12.5. The van der Waals surface area contributed by atoms with Gasteiger partial charge in [0.25, 0.3) is 0 Å². The summed E-state index contributed by atoms with van der Waals surface area (Å²) in [4.78, 5) is 8.70. The van der Waals surface area contributed by atoms with Crippen LogP contribution in [0.5, 0.6) is 11.5 Å². The first-order chi connectivity index (χ1) is 43.1. The Morgan fingerprint density at radius 3 is 1.62 bits per heavy atom. The first-order valence-electron chi connectivity index (χ1n) is 31.4. The summed E-state index contributed by atoms with van der Waals surface area (Å²) < 4.78 is 90.8. The van der Waals surface area contributed by atoms with Crippen LogP contribution in [0.4, 0.5) is 44.7 Å². The van der Waals surface area contributed by atoms with E-state index in [0.29, 0.717) is 50.8 Å². The Kier molecular flexibility index (Phi) is 17.4. The molecule has 11 heteroatoms. The molecule has 0 saturated carbocycles. The smallest absolute Gasteiger partial charge is 0.200 e. The molecular formula is C81H76F5N4OPt-3. The number of anilines is 4. The molecular weight excluding hydrogens is 1330 g/mol. The molecule has 0 amide bonds. The molecule has 92 heavy (non-hydrogen) atoms. The third kappa shape index (κ3) is 12.0. The summed E-state index contributed by atoms with van der Waals surface area (Å²) >= 11 is 0. The van der Waals surface area contributed by atoms with E-state index in [1.54, 1.807) is 0 Å². The van der Waals surface area contributed by atoms with E-state index in [4.69, 9.17) is 9.72 Å². The average molecular weight is 1410 g/mol. The molecule has 0 unspecified atom stereocenters. The van der Waals surface area contributed by atoms with E-state index in [2.05, 4.69) is 187 Å². The largest absolute Gasteiger partial charge is 0.509 e. The molecule has 0 N–H and O–H groups in total. The number of hydrogen-bond acceptors (Lipinski definition) is 4. The van der Waals surface area contributed by atoms with Crippen molar-refractivity contribution in [2.45, 2.75) is 138 Å². The SMILES string of the molecule is CC(C)c1cc(C(C)C)c(-c2cc(Oc3[c-]c4c(cc3)c3ccccc3n4-c3cc(C(C)(C)C)ccn3)[c-]c(N3[CH-]N(c4c(-c5cc(C(C)(C)C)cc(C(C)(C)C)c5)cc(-c5ccccc5)cc4-c4c(F)c(F)c(F)c(F)c4F)c4ccccc43)c2)c(C(C)C)c1.[Pt]. The molecule has 0 bridgehead atoms. The quantitative estimate of drug-likeness (QED) is 0.0528. The summed E-state index contributed by atoms with van der Waals surface area (Å²) in [5.41, 5.74) is 12.5. The Morgan fingerprint density at radius 2 is 1.02 bits per heavy atom. The molecule has 474 valence electrons. The first-order valence-corrected chi connectivity index (χ1v) is 31.4. The van der Waals surface area contributed by atoms with Crippen LogP contribution in [0.15, 0.2) is 164 Å². The molecule has 2 aromatic heterocycles. The number of pyridine rings is 1. The second-order valence-electron chi connectivity index (χ2n) is 28.2. The van der Waals surface area contributed by atoms with Gasteiger partial charge in [0.2, 0.25) is 5.82 Å². The molecule has 0 saturated heterocycles. The van der Waals surface area contributed by atoms with Crippen LogP contribution in [0.1, 0.15) is 155 Å². The number of benzene rings is 9. The molecule has 5 nitrogen and oxygen atoms in total. The molecule has 0 radical (unpaired) electrons. The standard InChI is InChI=1S/C81H76F5N4O.Pt/c1-46(2)50-37-62(47(3)4)71(63(38-50)48(5)6)53-35-57(43-59(36-53)91-58-29-30-61-60-25-19-20-26-66(60)90(69(61)44-58)70-42-54(31-32-87-70)79(7,8)9)88-45-89(68-28-22-21-27-67(68)88)78-64(52-33-55(80(10,11)12)41-56(34-52)81(13,14)15)39-51(49-23-17-16-18-24-49)40-65(78)72-73(82)75(84)77(86)76(85)74(72)83;/h16-42,45-48H,1-15H3;/q-3;. The van der Waals surface area contributed by atoms with Gasteiger partial charge in [-0.3, -0.25) is 0 Å². The molecule has 11 aromatic rings. The Balaban J connectivity index is 0.00000867. The topological polar surface area (TPSA) is 33.5 Å². The Labute approximate surface area is 553 Å². The van der Waals surface area contributed by atoms with E-state index in [-0.39, 0.29) is 66.3 Å². The van der Waals surface area contributed by atoms with Crippen molar-refractivity contribution in [1.29, 1.82) is 0 Å². The molecule has 9 aromatic carbocycles. The summed E-state index contributed by atoms with van der Waals surface area (Å²) in [5.74, 6) is -8.20. The van der Waals surface area contributed by atoms with Crippen molar-refractivity contribution >= 4 is 44.6 Å². The second kappa shape index (κ2) is 24.6. The van der Waals surface area contributed by atoms with Gasteiger partial charge in [-0.2, -0.15) is 6.07 Å². The molecule has 0 atom stereocenters. The summed E-state index contributed by atoms with van der Waals surface area (Å²) in [5, 5.41) is 2.01. The van der Waals surface area contributed by atoms with Crippen molar-refractivity contribution in [3.8, 4) is 61.8 Å². The van der Waals surface area contributed by atoms with Crippen LogP contribution in [-0.4, -0.2) is 9.55 Å². The van der Waals surface area contributed by atoms with Gasteiger partial charge in [-0.05, 0) is 137 Å². The third-order valence-electron chi connectivity index (χ3n) is 17.7. The van der Waals surface area contributed by atoms with Crippen molar-refractivity contribution in [2.75, 3.05) is 9.80 Å². The minimum absolute atomic E-state index is 0. The summed E-state index contributed by atoms with van der Waals surface area (Å²) in [6.07, 6.45) is 1.85. The Bertz CT molecular complexity index is 4570. The molecule has 1 aliphatic rings. The van der Waals surface area contributed by atoms with E-state index < -0.39 is 34.6 Å². The van der Waals surface area contributed by atoms with Crippen LogP contribution in [0.25, 0.3) is 72.1 Å². The van der Waals surface area contributed by atoms with Crippen LogP contribution >= 0.6 is 0 Å². The molecule has 0 spiro atoms. The number of aromatic nitrogens is 2. The molecule has 0 aliphatic carbocycles. The number of nitrogens with zero attached hydrogens (tertiary/aromatic N) is 4. The fraction of sp³-hybridized carbons (Fsp3) is 0.259. The van der Waals surface area contributed by atoms with E-state index in [9.17, 15) is 0 Å². The average Bonchev–Trinajstić information content (AvgIpc) is 1.38. The minimum atomic E-state index is -2.24. The fourth-order valence-electron chi connectivity index (χ4n) is 12.5. The van der Waals surface area contributed by atoms with Gasteiger partial charge in [0.15, 0.2) is 23.3 Å². The van der Waals surface area contributed by atoms with Crippen molar-refractivity contribution < 1.29 is 47.8 Å². The van der Waals surface area contributed by atoms with Gasteiger partial charge < -0.3 is 19.1 Å². The van der Waals surface area contributed by atoms with Crippen molar-refractivity contribution in [3.63, 3.8) is 0 Å². The van der Waals surface area contributed by atoms with Crippen LogP contribution in [0.3, 0.4) is 0 Å². The van der Waals surface area contributed by atoms with E-state index in [1.165, 1.54) is 11.6 Å². The van der Waals surface area contributed by atoms with Gasteiger partial charge in [-0.25, -0.2) is 26.9 Å². The maximum absolute atomic E-state index is 17.1. The maximum atomic E-state index is 17.1. The van der Waals surface area contributed by atoms with Gasteiger partial charge in [0.1, 0.15) is 5.82 Å². The van der Waals surface area contributed by atoms with Gasteiger partial charge in [-0.15, -0.1) is 53.6 Å². The third-order valence-corrected chi connectivity index (χ3v) is 17.7. The predicted molar refractivity (Wildman–Crippen MR) is 364 cm³/mol. The van der Waals surface area contributed by atoms with Crippen molar-refractivity contribution in [2.24, 2.45) is 0 Å². The monoisotopic (exact) mass is 1410 g/mol. The van der Waals surface area contributed by atoms with Crippen LogP contribution in [0, 0.1) is 47.9 Å². The van der Waals surface area contributed by atoms with Gasteiger partial charge >= 0.3 is 0 Å². The summed E-state index contributed by atoms with van der Waals surface area (Å²) in [6, 6.07) is 59.2. The number of ether oxygens (including phenoxy) is 1. The van der Waals surface area contributed by atoms with Gasteiger partial charge in [0.05, 0.1) is 5.56 Å². The van der Waals surface area contributed by atoms with E-state index >= 15 is 22.0 Å².